The van der Waals surface area contributed by atoms with Crippen molar-refractivity contribution in [2.75, 3.05) is 26.2 Å². The Labute approximate surface area is 104 Å². The molecule has 0 aromatic heterocycles. The number of unbranched alkanes of at least 4 members (excludes halogenated alkanes) is 1. The predicted molar refractivity (Wildman–Crippen MR) is 66.7 cm³/mol. The van der Waals surface area contributed by atoms with Gasteiger partial charge in [0.1, 0.15) is 0 Å². The van der Waals surface area contributed by atoms with Crippen LogP contribution in [0.5, 0.6) is 0 Å². The minimum absolute atomic E-state index is 0.117. The maximum Gasteiger partial charge on any atom is 0.320 e. The van der Waals surface area contributed by atoms with Crippen molar-refractivity contribution >= 4 is 5.97 Å². The van der Waals surface area contributed by atoms with Crippen molar-refractivity contribution in [2.24, 2.45) is 5.92 Å². The molecule has 0 spiro atoms. The zero-order valence-electron chi connectivity index (χ0n) is 11.0. The number of carbonyl (C=O) groups excluding carboxylic acids is 1. The number of hydrogen-bond donors (Lipinski definition) is 1. The first-order chi connectivity index (χ1) is 8.13. The van der Waals surface area contributed by atoms with E-state index in [1.807, 2.05) is 6.92 Å². The summed E-state index contributed by atoms with van der Waals surface area (Å²) in [5.41, 5.74) is 0. The SMILES string of the molecule is CCCCOC(=O)CN1CCC(C(C)O)CC1. The van der Waals surface area contributed by atoms with Gasteiger partial charge in [0, 0.05) is 0 Å². The maximum atomic E-state index is 11.5. The highest BCUT2D eigenvalue weighted by molar-refractivity contribution is 5.71. The van der Waals surface area contributed by atoms with Crippen LogP contribution < -0.4 is 0 Å². The van der Waals surface area contributed by atoms with Crippen molar-refractivity contribution in [3.8, 4) is 0 Å². The Bertz CT molecular complexity index is 223. The van der Waals surface area contributed by atoms with E-state index in [1.54, 1.807) is 0 Å². The molecule has 1 N–H and O–H groups in total. The summed E-state index contributed by atoms with van der Waals surface area (Å²) in [5.74, 6) is 0.274. The second-order valence-corrected chi connectivity index (χ2v) is 4.93. The molecular formula is C13H25NO3. The number of nitrogens with zero attached hydrogens (tertiary/aromatic N) is 1. The van der Waals surface area contributed by atoms with Gasteiger partial charge in [0.15, 0.2) is 0 Å². The molecule has 0 aromatic carbocycles. The molecule has 0 bridgehead atoms. The molecule has 1 aliphatic heterocycles. The summed E-state index contributed by atoms with van der Waals surface area (Å²) in [7, 11) is 0. The van der Waals surface area contributed by atoms with Crippen molar-refractivity contribution in [2.45, 2.75) is 45.6 Å². The minimum Gasteiger partial charge on any atom is -0.465 e. The molecule has 1 saturated heterocycles. The molecule has 17 heavy (non-hydrogen) atoms. The number of carbonyl (C=O) groups is 1. The van der Waals surface area contributed by atoms with E-state index in [-0.39, 0.29) is 12.1 Å². The first-order valence-electron chi connectivity index (χ1n) is 6.69. The molecule has 0 saturated carbocycles. The van der Waals surface area contributed by atoms with E-state index in [4.69, 9.17) is 4.74 Å². The molecule has 1 unspecified atom stereocenters. The summed E-state index contributed by atoms with van der Waals surface area (Å²) in [6.07, 6.45) is 3.71. The second-order valence-electron chi connectivity index (χ2n) is 4.93. The lowest BCUT2D eigenvalue weighted by atomic mass is 9.92. The highest BCUT2D eigenvalue weighted by Crippen LogP contribution is 2.20. The fourth-order valence-corrected chi connectivity index (χ4v) is 2.15. The number of rotatable bonds is 6. The Morgan fingerprint density at radius 3 is 2.65 bits per heavy atom. The number of aliphatic hydroxyl groups excluding tert-OH is 1. The third-order valence-corrected chi connectivity index (χ3v) is 3.43. The number of esters is 1. The first-order valence-corrected chi connectivity index (χ1v) is 6.69. The van der Waals surface area contributed by atoms with E-state index in [2.05, 4.69) is 11.8 Å². The molecule has 4 heteroatoms. The Balaban J connectivity index is 2.15. The van der Waals surface area contributed by atoms with Crippen molar-refractivity contribution in [3.05, 3.63) is 0 Å². The lowest BCUT2D eigenvalue weighted by molar-refractivity contribution is -0.145. The lowest BCUT2D eigenvalue weighted by Crippen LogP contribution is -2.40. The van der Waals surface area contributed by atoms with Gasteiger partial charge in [0.2, 0.25) is 0 Å². The van der Waals surface area contributed by atoms with Crippen LogP contribution in [0.2, 0.25) is 0 Å². The van der Waals surface area contributed by atoms with E-state index in [0.29, 0.717) is 19.1 Å². The molecule has 0 aliphatic carbocycles. The number of likely N-dealkylation sites (tertiary alicyclic amines) is 1. The van der Waals surface area contributed by atoms with Crippen LogP contribution >= 0.6 is 0 Å². The van der Waals surface area contributed by atoms with Gasteiger partial charge in [0.25, 0.3) is 0 Å². The van der Waals surface area contributed by atoms with Gasteiger partial charge < -0.3 is 9.84 Å². The highest BCUT2D eigenvalue weighted by atomic mass is 16.5. The normalized spacial score (nSPS) is 20.2. The summed E-state index contributed by atoms with van der Waals surface area (Å²) in [4.78, 5) is 13.6. The van der Waals surface area contributed by atoms with E-state index in [0.717, 1.165) is 38.8 Å². The molecule has 0 amide bonds. The fraction of sp³-hybridized carbons (Fsp3) is 0.923. The quantitative estimate of drug-likeness (QED) is 0.566. The smallest absolute Gasteiger partial charge is 0.320 e. The van der Waals surface area contributed by atoms with Crippen LogP contribution in [0.1, 0.15) is 39.5 Å². The van der Waals surface area contributed by atoms with Crippen LogP contribution in [-0.2, 0) is 9.53 Å². The van der Waals surface area contributed by atoms with Gasteiger partial charge in [-0.25, -0.2) is 0 Å². The van der Waals surface area contributed by atoms with E-state index in [9.17, 15) is 9.90 Å². The van der Waals surface area contributed by atoms with Gasteiger partial charge in [-0.2, -0.15) is 0 Å². The number of aliphatic hydroxyl groups is 1. The lowest BCUT2D eigenvalue weighted by Gasteiger charge is -2.32. The minimum atomic E-state index is -0.228. The zero-order chi connectivity index (χ0) is 12.7. The molecule has 1 atom stereocenters. The van der Waals surface area contributed by atoms with Crippen LogP contribution in [-0.4, -0.2) is 48.3 Å². The average Bonchev–Trinajstić information content (AvgIpc) is 2.30. The van der Waals surface area contributed by atoms with E-state index < -0.39 is 0 Å². The molecule has 1 fully saturated rings. The second kappa shape index (κ2) is 7.67. The van der Waals surface area contributed by atoms with Crippen molar-refractivity contribution < 1.29 is 14.6 Å². The predicted octanol–water partition coefficient (Wildman–Crippen LogP) is 1.42. The summed E-state index contributed by atoms with van der Waals surface area (Å²) < 4.78 is 5.13. The molecule has 1 rings (SSSR count). The van der Waals surface area contributed by atoms with Crippen molar-refractivity contribution in [3.63, 3.8) is 0 Å². The number of hydrogen-bond acceptors (Lipinski definition) is 4. The Morgan fingerprint density at radius 1 is 1.47 bits per heavy atom. The highest BCUT2D eigenvalue weighted by Gasteiger charge is 2.23. The topological polar surface area (TPSA) is 49.8 Å². The summed E-state index contributed by atoms with van der Waals surface area (Å²) in [6.45, 7) is 6.64. The van der Waals surface area contributed by atoms with Crippen LogP contribution in [0.15, 0.2) is 0 Å². The molecule has 1 heterocycles. The Hall–Kier alpha value is -0.610. The van der Waals surface area contributed by atoms with Crippen LogP contribution in [0, 0.1) is 5.92 Å². The molecular weight excluding hydrogens is 218 g/mol. The van der Waals surface area contributed by atoms with Gasteiger partial charge in [0.05, 0.1) is 19.3 Å². The molecule has 4 nitrogen and oxygen atoms in total. The Morgan fingerprint density at radius 2 is 2.12 bits per heavy atom. The van der Waals surface area contributed by atoms with Crippen LogP contribution in [0.4, 0.5) is 0 Å². The largest absolute Gasteiger partial charge is 0.465 e. The molecule has 0 aromatic rings. The number of ether oxygens (including phenoxy) is 1. The summed E-state index contributed by atoms with van der Waals surface area (Å²) in [5, 5.41) is 9.48. The van der Waals surface area contributed by atoms with Crippen molar-refractivity contribution in [1.82, 2.24) is 4.90 Å². The van der Waals surface area contributed by atoms with Gasteiger partial charge in [-0.3, -0.25) is 9.69 Å². The average molecular weight is 243 g/mol. The summed E-state index contributed by atoms with van der Waals surface area (Å²) in [6, 6.07) is 0. The first kappa shape index (κ1) is 14.5. The molecule has 100 valence electrons. The third kappa shape index (κ3) is 5.50. The zero-order valence-corrected chi connectivity index (χ0v) is 11.0. The van der Waals surface area contributed by atoms with Gasteiger partial charge in [-0.05, 0) is 45.2 Å². The maximum absolute atomic E-state index is 11.5. The third-order valence-electron chi connectivity index (χ3n) is 3.43. The van der Waals surface area contributed by atoms with E-state index >= 15 is 0 Å². The monoisotopic (exact) mass is 243 g/mol. The van der Waals surface area contributed by atoms with Gasteiger partial charge in [-0.1, -0.05) is 13.3 Å². The Kier molecular flexibility index (Phi) is 6.52. The fourth-order valence-electron chi connectivity index (χ4n) is 2.15. The molecule has 0 radical (unpaired) electrons. The van der Waals surface area contributed by atoms with Gasteiger partial charge >= 0.3 is 5.97 Å². The summed E-state index contributed by atoms with van der Waals surface area (Å²) >= 11 is 0. The van der Waals surface area contributed by atoms with Crippen molar-refractivity contribution in [1.29, 1.82) is 0 Å². The van der Waals surface area contributed by atoms with Crippen LogP contribution in [0.25, 0.3) is 0 Å². The number of piperidine rings is 1. The standard InChI is InChI=1S/C13H25NO3/c1-3-4-9-17-13(16)10-14-7-5-12(6-8-14)11(2)15/h11-12,15H,3-10H2,1-2H3. The van der Waals surface area contributed by atoms with Gasteiger partial charge in [-0.15, -0.1) is 0 Å². The van der Waals surface area contributed by atoms with Crippen LogP contribution in [0.3, 0.4) is 0 Å². The molecule has 1 aliphatic rings. The van der Waals surface area contributed by atoms with E-state index in [1.165, 1.54) is 0 Å².